The van der Waals surface area contributed by atoms with Crippen molar-refractivity contribution in [1.29, 1.82) is 0 Å². The van der Waals surface area contributed by atoms with Gasteiger partial charge in [0.25, 0.3) is 0 Å². The maximum Gasteiger partial charge on any atom is 0.145 e. The van der Waals surface area contributed by atoms with Crippen LogP contribution in [0.5, 0.6) is 5.75 Å². The van der Waals surface area contributed by atoms with Crippen LogP contribution in [-0.2, 0) is 4.74 Å². The molecular formula is C14H20FNO2. The number of hydrogen-bond donors (Lipinski definition) is 1. The zero-order chi connectivity index (χ0) is 12.8. The van der Waals surface area contributed by atoms with Crippen LogP contribution in [0, 0.1) is 11.7 Å². The predicted octanol–water partition coefficient (Wildman–Crippen LogP) is 3.06. The minimum Gasteiger partial charge on any atom is -0.492 e. The molecule has 0 bridgehead atoms. The Morgan fingerprint density at radius 1 is 1.50 bits per heavy atom. The molecule has 0 aliphatic carbocycles. The monoisotopic (exact) mass is 253 g/mol. The molecule has 1 aromatic rings. The van der Waals surface area contributed by atoms with Gasteiger partial charge in [0.05, 0.1) is 18.9 Å². The van der Waals surface area contributed by atoms with Crippen LogP contribution in [0.15, 0.2) is 18.2 Å². The van der Waals surface area contributed by atoms with Crippen molar-refractivity contribution < 1.29 is 13.9 Å². The van der Waals surface area contributed by atoms with Gasteiger partial charge >= 0.3 is 0 Å². The molecule has 0 spiro atoms. The predicted molar refractivity (Wildman–Crippen MR) is 69.6 cm³/mol. The van der Waals surface area contributed by atoms with Crippen molar-refractivity contribution in [2.75, 3.05) is 31.7 Å². The van der Waals surface area contributed by atoms with Crippen LogP contribution in [0.4, 0.5) is 10.1 Å². The zero-order valence-corrected chi connectivity index (χ0v) is 10.7. The van der Waals surface area contributed by atoms with E-state index in [2.05, 4.69) is 5.32 Å². The van der Waals surface area contributed by atoms with Crippen molar-refractivity contribution in [3.05, 3.63) is 24.0 Å². The van der Waals surface area contributed by atoms with E-state index in [0.717, 1.165) is 31.9 Å². The molecule has 0 radical (unpaired) electrons. The van der Waals surface area contributed by atoms with E-state index in [1.807, 2.05) is 6.92 Å². The third-order valence-electron chi connectivity index (χ3n) is 3.08. The van der Waals surface area contributed by atoms with Gasteiger partial charge in [-0.2, -0.15) is 0 Å². The normalized spacial score (nSPS) is 19.6. The van der Waals surface area contributed by atoms with Crippen LogP contribution >= 0.6 is 0 Å². The van der Waals surface area contributed by atoms with E-state index in [0.29, 0.717) is 18.3 Å². The number of ether oxygens (including phenoxy) is 2. The molecule has 0 amide bonds. The van der Waals surface area contributed by atoms with Gasteiger partial charge in [0, 0.05) is 19.2 Å². The molecule has 1 fully saturated rings. The Morgan fingerprint density at radius 2 is 2.39 bits per heavy atom. The van der Waals surface area contributed by atoms with Crippen LogP contribution in [0.2, 0.25) is 0 Å². The van der Waals surface area contributed by atoms with Crippen molar-refractivity contribution >= 4 is 5.69 Å². The van der Waals surface area contributed by atoms with Crippen molar-refractivity contribution in [2.24, 2.45) is 5.92 Å². The van der Waals surface area contributed by atoms with Crippen LogP contribution in [0.25, 0.3) is 0 Å². The number of halogens is 1. The van der Waals surface area contributed by atoms with Crippen LogP contribution in [0.3, 0.4) is 0 Å². The second kappa shape index (κ2) is 6.59. The number of benzene rings is 1. The first kappa shape index (κ1) is 13.1. The Hall–Kier alpha value is -1.29. The average Bonchev–Trinajstić information content (AvgIpc) is 2.39. The summed E-state index contributed by atoms with van der Waals surface area (Å²) in [5, 5.41) is 3.32. The zero-order valence-electron chi connectivity index (χ0n) is 10.7. The van der Waals surface area contributed by atoms with Crippen molar-refractivity contribution in [3.63, 3.8) is 0 Å². The largest absolute Gasteiger partial charge is 0.492 e. The number of rotatable bonds is 5. The summed E-state index contributed by atoms with van der Waals surface area (Å²) in [6.07, 6.45) is 2.30. The summed E-state index contributed by atoms with van der Waals surface area (Å²) in [4.78, 5) is 0. The molecule has 100 valence electrons. The van der Waals surface area contributed by atoms with Crippen molar-refractivity contribution in [3.8, 4) is 5.75 Å². The molecule has 2 rings (SSSR count). The highest BCUT2D eigenvalue weighted by molar-refractivity contribution is 5.56. The quantitative estimate of drug-likeness (QED) is 0.874. The summed E-state index contributed by atoms with van der Waals surface area (Å²) in [6.45, 7) is 4.94. The Labute approximate surface area is 107 Å². The van der Waals surface area contributed by atoms with Gasteiger partial charge < -0.3 is 14.8 Å². The minimum atomic E-state index is -0.273. The van der Waals surface area contributed by atoms with Gasteiger partial charge in [0.15, 0.2) is 0 Å². The van der Waals surface area contributed by atoms with Gasteiger partial charge in [-0.25, -0.2) is 4.39 Å². The second-order valence-corrected chi connectivity index (χ2v) is 4.54. The van der Waals surface area contributed by atoms with Gasteiger partial charge in [-0.1, -0.05) is 0 Å². The molecule has 1 atom stereocenters. The molecule has 1 N–H and O–H groups in total. The smallest absolute Gasteiger partial charge is 0.145 e. The lowest BCUT2D eigenvalue weighted by Crippen LogP contribution is -2.24. The Kier molecular flexibility index (Phi) is 4.81. The fraction of sp³-hybridized carbons (Fsp3) is 0.571. The van der Waals surface area contributed by atoms with Gasteiger partial charge in [-0.15, -0.1) is 0 Å². The third-order valence-corrected chi connectivity index (χ3v) is 3.08. The molecule has 18 heavy (non-hydrogen) atoms. The first-order chi connectivity index (χ1) is 8.79. The minimum absolute atomic E-state index is 0.273. The topological polar surface area (TPSA) is 30.5 Å². The molecule has 0 saturated carbocycles. The van der Waals surface area contributed by atoms with E-state index in [1.54, 1.807) is 6.07 Å². The van der Waals surface area contributed by atoms with Crippen LogP contribution < -0.4 is 10.1 Å². The third kappa shape index (κ3) is 3.60. The fourth-order valence-electron chi connectivity index (χ4n) is 2.14. The van der Waals surface area contributed by atoms with Gasteiger partial charge in [0.2, 0.25) is 0 Å². The fourth-order valence-corrected chi connectivity index (χ4v) is 2.14. The average molecular weight is 253 g/mol. The van der Waals surface area contributed by atoms with E-state index in [1.165, 1.54) is 18.6 Å². The second-order valence-electron chi connectivity index (χ2n) is 4.54. The van der Waals surface area contributed by atoms with Gasteiger partial charge in [-0.3, -0.25) is 0 Å². The SMILES string of the molecule is CCOc1cc(F)ccc1NCC1CCCOC1. The van der Waals surface area contributed by atoms with E-state index < -0.39 is 0 Å². The summed E-state index contributed by atoms with van der Waals surface area (Å²) >= 11 is 0. The molecule has 1 aliphatic heterocycles. The number of hydrogen-bond acceptors (Lipinski definition) is 3. The lowest BCUT2D eigenvalue weighted by Gasteiger charge is -2.23. The summed E-state index contributed by atoms with van der Waals surface area (Å²) in [6, 6.07) is 4.59. The molecule has 4 heteroatoms. The van der Waals surface area contributed by atoms with E-state index in [9.17, 15) is 4.39 Å². The van der Waals surface area contributed by atoms with Crippen LogP contribution in [-0.4, -0.2) is 26.4 Å². The number of anilines is 1. The summed E-state index contributed by atoms with van der Waals surface area (Å²) < 4.78 is 24.0. The molecule has 1 aliphatic rings. The molecule has 0 aromatic heterocycles. The van der Waals surface area contributed by atoms with E-state index >= 15 is 0 Å². The summed E-state index contributed by atoms with van der Waals surface area (Å²) in [7, 11) is 0. The molecule has 1 heterocycles. The first-order valence-corrected chi connectivity index (χ1v) is 6.53. The Morgan fingerprint density at radius 3 is 3.11 bits per heavy atom. The molecule has 1 unspecified atom stereocenters. The highest BCUT2D eigenvalue weighted by Crippen LogP contribution is 2.26. The van der Waals surface area contributed by atoms with Gasteiger partial charge in [-0.05, 0) is 37.8 Å². The molecular weight excluding hydrogens is 233 g/mol. The standard InChI is InChI=1S/C14H20FNO2/c1-2-18-14-8-12(15)5-6-13(14)16-9-11-4-3-7-17-10-11/h5-6,8,11,16H,2-4,7,9-10H2,1H3. The van der Waals surface area contributed by atoms with Gasteiger partial charge in [0.1, 0.15) is 11.6 Å². The maximum atomic E-state index is 13.1. The lowest BCUT2D eigenvalue weighted by molar-refractivity contribution is 0.0595. The highest BCUT2D eigenvalue weighted by atomic mass is 19.1. The highest BCUT2D eigenvalue weighted by Gasteiger charge is 2.14. The maximum absolute atomic E-state index is 13.1. The van der Waals surface area contributed by atoms with E-state index in [-0.39, 0.29) is 5.82 Å². The van der Waals surface area contributed by atoms with Crippen molar-refractivity contribution in [2.45, 2.75) is 19.8 Å². The van der Waals surface area contributed by atoms with E-state index in [4.69, 9.17) is 9.47 Å². The number of nitrogens with one attached hydrogen (secondary N) is 1. The lowest BCUT2D eigenvalue weighted by atomic mass is 10.0. The first-order valence-electron chi connectivity index (χ1n) is 6.53. The Balaban J connectivity index is 1.94. The molecule has 3 nitrogen and oxygen atoms in total. The van der Waals surface area contributed by atoms with Crippen LogP contribution in [0.1, 0.15) is 19.8 Å². The van der Waals surface area contributed by atoms with Crippen molar-refractivity contribution in [1.82, 2.24) is 0 Å². The summed E-state index contributed by atoms with van der Waals surface area (Å²) in [5.74, 6) is 0.831. The molecule has 1 aromatic carbocycles. The molecule has 1 saturated heterocycles. The Bertz CT molecular complexity index is 378. The summed E-state index contributed by atoms with van der Waals surface area (Å²) in [5.41, 5.74) is 0.851.